The Bertz CT molecular complexity index is 762. The van der Waals surface area contributed by atoms with E-state index in [0.717, 1.165) is 5.56 Å². The molecule has 1 heterocycles. The monoisotopic (exact) mass is 342 g/mol. The lowest BCUT2D eigenvalue weighted by Crippen LogP contribution is -2.34. The maximum Gasteiger partial charge on any atom is 0.407 e. The number of hydroxylamine groups is 2. The lowest BCUT2D eigenvalue weighted by Gasteiger charge is -2.13. The summed E-state index contributed by atoms with van der Waals surface area (Å²) in [5.74, 6) is -1.01. The standard InChI is InChI=1S/C18H16N2O5.H2/c21-16-14-8-4-5-9-15(14)17(22)20(16)25-11-10-19-18(23)24-12-13-6-2-1-3-7-13;/h1-9H,10-12H2,(H,19,23);1H. The number of imide groups is 1. The van der Waals surface area contributed by atoms with Crippen LogP contribution in [0.1, 0.15) is 27.7 Å². The van der Waals surface area contributed by atoms with E-state index >= 15 is 0 Å². The van der Waals surface area contributed by atoms with E-state index in [2.05, 4.69) is 5.32 Å². The van der Waals surface area contributed by atoms with Crippen molar-refractivity contribution < 1.29 is 25.4 Å². The average molecular weight is 342 g/mol. The first-order valence-corrected chi connectivity index (χ1v) is 7.72. The Morgan fingerprint density at radius 1 is 0.960 bits per heavy atom. The molecule has 7 nitrogen and oxygen atoms in total. The lowest BCUT2D eigenvalue weighted by atomic mass is 10.1. The molecular formula is C18H18N2O5. The Morgan fingerprint density at radius 3 is 2.20 bits per heavy atom. The number of amides is 3. The van der Waals surface area contributed by atoms with Gasteiger partial charge in [0.2, 0.25) is 0 Å². The van der Waals surface area contributed by atoms with Crippen molar-refractivity contribution in [3.05, 3.63) is 71.3 Å². The van der Waals surface area contributed by atoms with E-state index in [1.807, 2.05) is 30.3 Å². The van der Waals surface area contributed by atoms with E-state index in [1.165, 1.54) is 0 Å². The SMILES string of the molecule is O=C(NCCON1C(=O)c2ccccc2C1=O)OCc1ccccc1.[HH]. The Kier molecular flexibility index (Phi) is 5.06. The van der Waals surface area contributed by atoms with Crippen molar-refractivity contribution in [2.45, 2.75) is 6.61 Å². The summed E-state index contributed by atoms with van der Waals surface area (Å²) in [5, 5.41) is 3.20. The van der Waals surface area contributed by atoms with Gasteiger partial charge in [-0.05, 0) is 17.7 Å². The molecule has 3 amide bonds. The van der Waals surface area contributed by atoms with Crippen LogP contribution in [0.5, 0.6) is 0 Å². The zero-order valence-corrected chi connectivity index (χ0v) is 13.3. The molecule has 25 heavy (non-hydrogen) atoms. The van der Waals surface area contributed by atoms with E-state index in [9.17, 15) is 14.4 Å². The smallest absolute Gasteiger partial charge is 0.407 e. The Morgan fingerprint density at radius 2 is 1.56 bits per heavy atom. The third kappa shape index (κ3) is 3.84. The number of nitrogens with zero attached hydrogens (tertiary/aromatic N) is 1. The molecule has 0 atom stereocenters. The van der Waals surface area contributed by atoms with Crippen LogP contribution in [0.3, 0.4) is 0 Å². The van der Waals surface area contributed by atoms with Gasteiger partial charge in [0.15, 0.2) is 0 Å². The first-order valence-electron chi connectivity index (χ1n) is 7.72. The van der Waals surface area contributed by atoms with E-state index in [1.54, 1.807) is 24.3 Å². The van der Waals surface area contributed by atoms with Gasteiger partial charge < -0.3 is 10.1 Å². The maximum absolute atomic E-state index is 12.1. The van der Waals surface area contributed by atoms with E-state index in [4.69, 9.17) is 9.57 Å². The van der Waals surface area contributed by atoms with Crippen LogP contribution in [-0.2, 0) is 16.2 Å². The zero-order chi connectivity index (χ0) is 17.6. The summed E-state index contributed by atoms with van der Waals surface area (Å²) in [6.07, 6.45) is -0.602. The molecule has 0 aromatic heterocycles. The number of fused-ring (bicyclic) bond motifs is 1. The maximum atomic E-state index is 12.1. The van der Waals surface area contributed by atoms with Crippen molar-refractivity contribution in [2.24, 2.45) is 0 Å². The van der Waals surface area contributed by atoms with Gasteiger partial charge in [-0.3, -0.25) is 14.4 Å². The normalized spacial score (nSPS) is 12.9. The van der Waals surface area contributed by atoms with Crippen LogP contribution in [0.4, 0.5) is 4.79 Å². The molecule has 0 saturated heterocycles. The molecule has 1 aliphatic heterocycles. The van der Waals surface area contributed by atoms with Crippen molar-refractivity contribution in [2.75, 3.05) is 13.2 Å². The summed E-state index contributed by atoms with van der Waals surface area (Å²) in [4.78, 5) is 40.9. The number of hydrogen-bond acceptors (Lipinski definition) is 5. The van der Waals surface area contributed by atoms with E-state index in [0.29, 0.717) is 16.2 Å². The molecule has 2 aromatic carbocycles. The predicted octanol–water partition coefficient (Wildman–Crippen LogP) is 2.39. The predicted molar refractivity (Wildman–Crippen MR) is 89.6 cm³/mol. The molecule has 0 fully saturated rings. The minimum Gasteiger partial charge on any atom is -0.445 e. The molecular weight excluding hydrogens is 324 g/mol. The minimum absolute atomic E-state index is 0. The van der Waals surface area contributed by atoms with Crippen molar-refractivity contribution in [1.29, 1.82) is 0 Å². The number of nitrogens with one attached hydrogen (secondary N) is 1. The van der Waals surface area contributed by atoms with Gasteiger partial charge in [-0.25, -0.2) is 4.79 Å². The van der Waals surface area contributed by atoms with Crippen LogP contribution in [0.15, 0.2) is 54.6 Å². The molecule has 2 aromatic rings. The summed E-state index contributed by atoms with van der Waals surface area (Å²) >= 11 is 0. The molecule has 0 saturated carbocycles. The minimum atomic E-state index is -0.602. The number of alkyl carbamates (subject to hydrolysis) is 1. The molecule has 1 N–H and O–H groups in total. The fourth-order valence-electron chi connectivity index (χ4n) is 2.35. The highest BCUT2D eigenvalue weighted by Crippen LogP contribution is 2.22. The molecule has 0 unspecified atom stereocenters. The Hall–Kier alpha value is -3.19. The summed E-state index contributed by atoms with van der Waals surface area (Å²) < 4.78 is 5.04. The molecule has 130 valence electrons. The number of benzene rings is 2. The topological polar surface area (TPSA) is 84.9 Å². The number of rotatable bonds is 6. The molecule has 0 radical (unpaired) electrons. The van der Waals surface area contributed by atoms with Gasteiger partial charge in [-0.15, -0.1) is 5.06 Å². The first-order chi connectivity index (χ1) is 12.2. The van der Waals surface area contributed by atoms with Crippen molar-refractivity contribution >= 4 is 17.9 Å². The highest BCUT2D eigenvalue weighted by molar-refractivity contribution is 6.20. The van der Waals surface area contributed by atoms with Crippen molar-refractivity contribution in [1.82, 2.24) is 10.4 Å². The fraction of sp³-hybridized carbons (Fsp3) is 0.167. The van der Waals surface area contributed by atoms with Crippen LogP contribution in [0, 0.1) is 0 Å². The largest absolute Gasteiger partial charge is 0.445 e. The second-order valence-corrected chi connectivity index (χ2v) is 5.27. The first kappa shape index (κ1) is 16.7. The molecule has 3 rings (SSSR count). The summed E-state index contributed by atoms with van der Waals surface area (Å²) in [5.41, 5.74) is 1.49. The zero-order valence-electron chi connectivity index (χ0n) is 13.3. The van der Waals surface area contributed by atoms with Crippen LogP contribution >= 0.6 is 0 Å². The summed E-state index contributed by atoms with van der Waals surface area (Å²) in [7, 11) is 0. The van der Waals surface area contributed by atoms with Gasteiger partial charge in [0.25, 0.3) is 11.8 Å². The highest BCUT2D eigenvalue weighted by Gasteiger charge is 2.36. The molecule has 0 bridgehead atoms. The second kappa shape index (κ2) is 7.59. The van der Waals surface area contributed by atoms with E-state index < -0.39 is 17.9 Å². The molecule has 7 heteroatoms. The third-order valence-electron chi connectivity index (χ3n) is 3.56. The van der Waals surface area contributed by atoms with Crippen LogP contribution < -0.4 is 5.32 Å². The Labute approximate surface area is 145 Å². The van der Waals surface area contributed by atoms with Gasteiger partial charge >= 0.3 is 6.09 Å². The van der Waals surface area contributed by atoms with E-state index in [-0.39, 0.29) is 21.2 Å². The fourth-order valence-corrected chi connectivity index (χ4v) is 2.35. The second-order valence-electron chi connectivity index (χ2n) is 5.27. The van der Waals surface area contributed by atoms with Crippen LogP contribution in [-0.4, -0.2) is 36.1 Å². The quantitative estimate of drug-likeness (QED) is 0.643. The number of hydrogen-bond donors (Lipinski definition) is 1. The third-order valence-corrected chi connectivity index (χ3v) is 3.56. The number of carbonyl (C=O) groups is 3. The van der Waals surface area contributed by atoms with Gasteiger partial charge in [0.1, 0.15) is 6.61 Å². The van der Waals surface area contributed by atoms with Gasteiger partial charge in [0, 0.05) is 7.97 Å². The van der Waals surface area contributed by atoms with Gasteiger partial charge in [-0.2, -0.15) is 0 Å². The lowest BCUT2D eigenvalue weighted by molar-refractivity contribution is -0.0894. The van der Waals surface area contributed by atoms with Crippen LogP contribution in [0.2, 0.25) is 0 Å². The Balaban J connectivity index is 0.00000243. The van der Waals surface area contributed by atoms with Crippen molar-refractivity contribution in [3.8, 4) is 0 Å². The highest BCUT2D eigenvalue weighted by atomic mass is 16.7. The summed E-state index contributed by atoms with van der Waals surface area (Å²) in [6.45, 7) is 0.221. The molecule has 0 aliphatic carbocycles. The number of ether oxygens (including phenoxy) is 1. The molecule has 0 spiro atoms. The van der Waals surface area contributed by atoms with Crippen LogP contribution in [0.25, 0.3) is 0 Å². The average Bonchev–Trinajstić information content (AvgIpc) is 2.89. The number of carbonyl (C=O) groups excluding carboxylic acids is 3. The molecule has 1 aliphatic rings. The van der Waals surface area contributed by atoms with Gasteiger partial charge in [0.05, 0.1) is 17.7 Å². The van der Waals surface area contributed by atoms with Gasteiger partial charge in [-0.1, -0.05) is 42.5 Å². The summed E-state index contributed by atoms with van der Waals surface area (Å²) in [6, 6.07) is 15.8. The van der Waals surface area contributed by atoms with Crippen molar-refractivity contribution in [3.63, 3.8) is 0 Å².